The number of carbonyl (C=O) groups is 1. The van der Waals surface area contributed by atoms with Gasteiger partial charge in [-0.3, -0.25) is 14.7 Å². The van der Waals surface area contributed by atoms with Gasteiger partial charge in [0.1, 0.15) is 0 Å². The van der Waals surface area contributed by atoms with Crippen LogP contribution in [0.25, 0.3) is 0 Å². The lowest BCUT2D eigenvalue weighted by atomic mass is 9.49. The standard InChI is InChI=1S/C24H39N3O/c1-22(2)12-21-13-23(3,18-24(4,14-21)17-22)7-10-27(11-9-26-19-28)16-20-6-5-8-25-15-20/h5-6,8,15,19,21H,7,9-14,16-18H2,1-4H3,(H,26,28). The van der Waals surface area contributed by atoms with Crippen LogP contribution in [0.5, 0.6) is 0 Å². The Morgan fingerprint density at radius 1 is 1.18 bits per heavy atom. The van der Waals surface area contributed by atoms with Crippen LogP contribution in [0.15, 0.2) is 24.5 Å². The molecule has 1 heterocycles. The molecule has 0 saturated heterocycles. The van der Waals surface area contributed by atoms with Crippen LogP contribution >= 0.6 is 0 Å². The lowest BCUT2D eigenvalue weighted by molar-refractivity contribution is -0.109. The summed E-state index contributed by atoms with van der Waals surface area (Å²) in [5.41, 5.74) is 2.69. The Kier molecular flexibility index (Phi) is 6.48. The third-order valence-corrected chi connectivity index (χ3v) is 6.98. The number of hydrogen-bond donors (Lipinski definition) is 1. The second-order valence-electron chi connectivity index (χ2n) is 11.1. The average molecular weight is 386 g/mol. The van der Waals surface area contributed by atoms with Gasteiger partial charge in [0, 0.05) is 32.0 Å². The van der Waals surface area contributed by atoms with E-state index < -0.39 is 0 Å². The zero-order valence-corrected chi connectivity index (χ0v) is 18.3. The topological polar surface area (TPSA) is 45.2 Å². The number of fused-ring (bicyclic) bond motifs is 2. The molecule has 2 aliphatic rings. The molecule has 0 spiro atoms. The molecule has 0 radical (unpaired) electrons. The van der Waals surface area contributed by atoms with Crippen molar-refractivity contribution in [2.75, 3.05) is 19.6 Å². The highest BCUT2D eigenvalue weighted by Crippen LogP contribution is 2.60. The van der Waals surface area contributed by atoms with Gasteiger partial charge in [0.2, 0.25) is 6.41 Å². The highest BCUT2D eigenvalue weighted by Gasteiger charge is 2.49. The third-order valence-electron chi connectivity index (χ3n) is 6.98. The highest BCUT2D eigenvalue weighted by molar-refractivity contribution is 5.45. The van der Waals surface area contributed by atoms with E-state index in [4.69, 9.17) is 0 Å². The van der Waals surface area contributed by atoms with E-state index in [2.05, 4.69) is 49.0 Å². The minimum Gasteiger partial charge on any atom is -0.357 e. The average Bonchev–Trinajstić information content (AvgIpc) is 2.57. The molecular formula is C24H39N3O. The SMILES string of the molecule is CC1(C)CC2CC(C)(CCN(CCNC=O)Cc3cccnc3)CC(C)(C2)C1. The molecule has 1 N–H and O–H groups in total. The molecule has 2 bridgehead atoms. The summed E-state index contributed by atoms with van der Waals surface area (Å²) in [5.74, 6) is 0.885. The van der Waals surface area contributed by atoms with Crippen molar-refractivity contribution in [2.45, 2.75) is 72.8 Å². The minimum atomic E-state index is 0.430. The zero-order valence-electron chi connectivity index (χ0n) is 18.3. The fourth-order valence-electron chi connectivity index (χ4n) is 6.85. The maximum absolute atomic E-state index is 10.7. The van der Waals surface area contributed by atoms with Gasteiger partial charge in [0.05, 0.1) is 0 Å². The van der Waals surface area contributed by atoms with Gasteiger partial charge in [-0.25, -0.2) is 0 Å². The van der Waals surface area contributed by atoms with Gasteiger partial charge in [0.25, 0.3) is 0 Å². The van der Waals surface area contributed by atoms with Crippen LogP contribution in [0.3, 0.4) is 0 Å². The summed E-state index contributed by atoms with van der Waals surface area (Å²) in [6, 6.07) is 4.15. The fourth-order valence-corrected chi connectivity index (χ4v) is 6.85. The van der Waals surface area contributed by atoms with Gasteiger partial charge in [-0.15, -0.1) is 0 Å². The molecule has 28 heavy (non-hydrogen) atoms. The highest BCUT2D eigenvalue weighted by atomic mass is 16.1. The van der Waals surface area contributed by atoms with E-state index in [1.54, 1.807) is 0 Å². The van der Waals surface area contributed by atoms with E-state index in [0.717, 1.165) is 32.0 Å². The van der Waals surface area contributed by atoms with Crippen molar-refractivity contribution in [3.63, 3.8) is 0 Å². The molecule has 3 unspecified atom stereocenters. The molecule has 4 heteroatoms. The summed E-state index contributed by atoms with van der Waals surface area (Å²) >= 11 is 0. The summed E-state index contributed by atoms with van der Waals surface area (Å²) in [6.07, 6.45) is 12.7. The predicted molar refractivity (Wildman–Crippen MR) is 115 cm³/mol. The number of carbonyl (C=O) groups excluding carboxylic acids is 1. The third kappa shape index (κ3) is 5.79. The zero-order chi connectivity index (χ0) is 20.3. The summed E-state index contributed by atoms with van der Waals surface area (Å²) in [6.45, 7) is 13.6. The van der Waals surface area contributed by atoms with Crippen molar-refractivity contribution in [3.8, 4) is 0 Å². The number of rotatable bonds is 9. The van der Waals surface area contributed by atoms with Crippen molar-refractivity contribution in [2.24, 2.45) is 22.2 Å². The molecule has 1 aromatic heterocycles. The van der Waals surface area contributed by atoms with Crippen LogP contribution in [0.2, 0.25) is 0 Å². The van der Waals surface area contributed by atoms with Crippen LogP contribution in [0.4, 0.5) is 0 Å². The Hall–Kier alpha value is -1.42. The largest absolute Gasteiger partial charge is 0.357 e. The quantitative estimate of drug-likeness (QED) is 0.497. The molecule has 2 saturated carbocycles. The first-order chi connectivity index (χ1) is 13.2. The second kappa shape index (κ2) is 8.52. The van der Waals surface area contributed by atoms with Crippen LogP contribution in [-0.2, 0) is 11.3 Å². The Balaban J connectivity index is 1.62. The molecule has 1 amide bonds. The van der Waals surface area contributed by atoms with Gasteiger partial charge in [-0.1, -0.05) is 33.8 Å². The number of hydrogen-bond acceptors (Lipinski definition) is 3. The number of nitrogens with one attached hydrogen (secondary N) is 1. The molecule has 0 aliphatic heterocycles. The molecule has 2 fully saturated rings. The summed E-state index contributed by atoms with van der Waals surface area (Å²) in [7, 11) is 0. The van der Waals surface area contributed by atoms with Gasteiger partial charge in [-0.2, -0.15) is 0 Å². The predicted octanol–water partition coefficient (Wildman–Crippen LogP) is 4.65. The fraction of sp³-hybridized carbons (Fsp3) is 0.750. The number of pyridine rings is 1. The molecule has 1 aromatic rings. The molecule has 3 rings (SSSR count). The Morgan fingerprint density at radius 3 is 2.68 bits per heavy atom. The van der Waals surface area contributed by atoms with Gasteiger partial charge in [0.15, 0.2) is 0 Å². The van der Waals surface area contributed by atoms with Crippen molar-refractivity contribution < 1.29 is 4.79 Å². The Labute approximate surface area is 171 Å². The van der Waals surface area contributed by atoms with Crippen LogP contribution in [0.1, 0.15) is 71.8 Å². The van der Waals surface area contributed by atoms with Gasteiger partial charge < -0.3 is 5.32 Å². The molecule has 156 valence electrons. The number of nitrogens with zero attached hydrogens (tertiary/aromatic N) is 2. The lowest BCUT2D eigenvalue weighted by Crippen LogP contribution is -2.46. The molecule has 0 aromatic carbocycles. The summed E-state index contributed by atoms with van der Waals surface area (Å²) < 4.78 is 0. The van der Waals surface area contributed by atoms with Crippen molar-refractivity contribution in [1.82, 2.24) is 15.2 Å². The smallest absolute Gasteiger partial charge is 0.207 e. The van der Waals surface area contributed by atoms with Gasteiger partial charge >= 0.3 is 0 Å². The lowest BCUT2D eigenvalue weighted by Gasteiger charge is -2.56. The van der Waals surface area contributed by atoms with Crippen molar-refractivity contribution >= 4 is 6.41 Å². The first-order valence-electron chi connectivity index (χ1n) is 11.0. The summed E-state index contributed by atoms with van der Waals surface area (Å²) in [4.78, 5) is 17.4. The monoisotopic (exact) mass is 385 g/mol. The van der Waals surface area contributed by atoms with E-state index in [1.165, 1.54) is 44.1 Å². The Morgan fingerprint density at radius 2 is 2.00 bits per heavy atom. The van der Waals surface area contributed by atoms with E-state index in [9.17, 15) is 4.79 Å². The normalized spacial score (nSPS) is 31.5. The van der Waals surface area contributed by atoms with Crippen LogP contribution in [-0.4, -0.2) is 35.9 Å². The Bertz CT molecular complexity index is 645. The van der Waals surface area contributed by atoms with Gasteiger partial charge in [-0.05, 0) is 78.9 Å². The minimum absolute atomic E-state index is 0.430. The van der Waals surface area contributed by atoms with E-state index in [-0.39, 0.29) is 0 Å². The molecule has 4 nitrogen and oxygen atoms in total. The number of amides is 1. The number of aromatic nitrogens is 1. The maximum atomic E-state index is 10.7. The second-order valence-corrected chi connectivity index (χ2v) is 11.1. The van der Waals surface area contributed by atoms with Crippen LogP contribution in [0, 0.1) is 22.2 Å². The molecule has 3 atom stereocenters. The van der Waals surface area contributed by atoms with E-state index in [0.29, 0.717) is 22.8 Å². The first kappa shape index (κ1) is 21.3. The van der Waals surface area contributed by atoms with E-state index >= 15 is 0 Å². The van der Waals surface area contributed by atoms with Crippen molar-refractivity contribution in [3.05, 3.63) is 30.1 Å². The summed E-state index contributed by atoms with van der Waals surface area (Å²) in [5, 5.41) is 2.82. The molecule has 2 aliphatic carbocycles. The van der Waals surface area contributed by atoms with Crippen molar-refractivity contribution in [1.29, 1.82) is 0 Å². The molecular weight excluding hydrogens is 346 g/mol. The first-order valence-corrected chi connectivity index (χ1v) is 11.0. The van der Waals surface area contributed by atoms with Crippen LogP contribution < -0.4 is 5.32 Å². The maximum Gasteiger partial charge on any atom is 0.207 e. The van der Waals surface area contributed by atoms with E-state index in [1.807, 2.05) is 18.5 Å².